The maximum atomic E-state index is 11.9. The van der Waals surface area contributed by atoms with Crippen LogP contribution in [0.15, 0.2) is 48.5 Å². The number of nitrogens with one attached hydrogen (secondary N) is 3. The minimum Gasteiger partial charge on any atom is -0.497 e. The Balaban J connectivity index is 1.43. The molecule has 6 heteroatoms. The van der Waals surface area contributed by atoms with E-state index >= 15 is 0 Å². The fourth-order valence-corrected chi connectivity index (χ4v) is 2.46. The second-order valence-electron chi connectivity index (χ2n) is 5.42. The van der Waals surface area contributed by atoms with Gasteiger partial charge in [0.1, 0.15) is 11.6 Å². The molecule has 6 nitrogen and oxygen atoms in total. The fraction of sp³-hybridized carbons (Fsp3) is 0.222. The van der Waals surface area contributed by atoms with Crippen molar-refractivity contribution in [3.8, 4) is 5.75 Å². The summed E-state index contributed by atoms with van der Waals surface area (Å²) in [5, 5.41) is 5.62. The van der Waals surface area contributed by atoms with Crippen molar-refractivity contribution < 1.29 is 9.53 Å². The van der Waals surface area contributed by atoms with Crippen LogP contribution in [-0.2, 0) is 6.42 Å². The number of amides is 2. The average molecular weight is 324 g/mol. The lowest BCUT2D eigenvalue weighted by Crippen LogP contribution is -2.29. The first kappa shape index (κ1) is 15.9. The van der Waals surface area contributed by atoms with Crippen LogP contribution in [0.5, 0.6) is 5.75 Å². The Morgan fingerprint density at radius 2 is 2.08 bits per heavy atom. The highest BCUT2D eigenvalue weighted by Gasteiger charge is 2.04. The highest BCUT2D eigenvalue weighted by molar-refractivity contribution is 5.89. The van der Waals surface area contributed by atoms with Crippen LogP contribution in [-0.4, -0.2) is 29.7 Å². The summed E-state index contributed by atoms with van der Waals surface area (Å²) in [6.45, 7) is 0.576. The van der Waals surface area contributed by atoms with Gasteiger partial charge < -0.3 is 20.4 Å². The first-order chi connectivity index (χ1) is 11.7. The number of aryl methyl sites for hydroxylation is 1. The number of hydrogen-bond donors (Lipinski definition) is 3. The summed E-state index contributed by atoms with van der Waals surface area (Å²) >= 11 is 0. The molecule has 2 aromatic carbocycles. The van der Waals surface area contributed by atoms with Crippen LogP contribution in [0, 0.1) is 0 Å². The first-order valence-electron chi connectivity index (χ1n) is 7.87. The van der Waals surface area contributed by atoms with Crippen molar-refractivity contribution in [3.05, 3.63) is 54.4 Å². The lowest BCUT2D eigenvalue weighted by molar-refractivity contribution is 0.252. The van der Waals surface area contributed by atoms with Crippen LogP contribution in [0.2, 0.25) is 0 Å². The second-order valence-corrected chi connectivity index (χ2v) is 5.42. The zero-order valence-corrected chi connectivity index (χ0v) is 13.5. The Bertz CT molecular complexity index is 796. The number of rotatable bonds is 6. The maximum Gasteiger partial charge on any atom is 0.319 e. The van der Waals surface area contributed by atoms with Crippen LogP contribution in [0.3, 0.4) is 0 Å². The van der Waals surface area contributed by atoms with Crippen LogP contribution in [0.4, 0.5) is 10.5 Å². The van der Waals surface area contributed by atoms with Gasteiger partial charge in [-0.25, -0.2) is 9.78 Å². The molecular weight excluding hydrogens is 304 g/mol. The monoisotopic (exact) mass is 324 g/mol. The lowest BCUT2D eigenvalue weighted by Gasteiger charge is -2.08. The number of carbonyl (C=O) groups is 1. The van der Waals surface area contributed by atoms with Gasteiger partial charge in [-0.3, -0.25) is 0 Å². The Kier molecular flexibility index (Phi) is 4.96. The molecule has 0 spiro atoms. The molecule has 0 atom stereocenters. The van der Waals surface area contributed by atoms with E-state index in [1.165, 1.54) is 0 Å². The number of aromatic amines is 1. The predicted molar refractivity (Wildman–Crippen MR) is 94.4 cm³/mol. The molecule has 0 unspecified atom stereocenters. The van der Waals surface area contributed by atoms with Crippen molar-refractivity contribution in [1.82, 2.24) is 15.3 Å². The summed E-state index contributed by atoms with van der Waals surface area (Å²) in [5.74, 6) is 1.64. The maximum absolute atomic E-state index is 11.9. The normalized spacial score (nSPS) is 10.5. The highest BCUT2D eigenvalue weighted by atomic mass is 16.5. The molecule has 2 amide bonds. The molecule has 0 radical (unpaired) electrons. The highest BCUT2D eigenvalue weighted by Crippen LogP contribution is 2.16. The van der Waals surface area contributed by atoms with Crippen LogP contribution in [0.25, 0.3) is 11.0 Å². The Morgan fingerprint density at radius 3 is 2.92 bits per heavy atom. The van der Waals surface area contributed by atoms with E-state index in [9.17, 15) is 4.79 Å². The quantitative estimate of drug-likeness (QED) is 0.609. The number of imidazole rings is 1. The molecule has 3 rings (SSSR count). The third kappa shape index (κ3) is 4.04. The van der Waals surface area contributed by atoms with Gasteiger partial charge in [0, 0.05) is 24.7 Å². The Hall–Kier alpha value is -3.02. The van der Waals surface area contributed by atoms with E-state index in [0.29, 0.717) is 18.0 Å². The smallest absolute Gasteiger partial charge is 0.319 e. The van der Waals surface area contributed by atoms with Gasteiger partial charge >= 0.3 is 6.03 Å². The van der Waals surface area contributed by atoms with Crippen molar-refractivity contribution in [1.29, 1.82) is 0 Å². The molecule has 0 saturated heterocycles. The number of methoxy groups -OCH3 is 1. The zero-order chi connectivity index (χ0) is 16.8. The van der Waals surface area contributed by atoms with E-state index in [4.69, 9.17) is 4.74 Å². The molecule has 0 fully saturated rings. The van der Waals surface area contributed by atoms with Gasteiger partial charge in [-0.1, -0.05) is 18.2 Å². The largest absolute Gasteiger partial charge is 0.497 e. The molecule has 0 aliphatic carbocycles. The summed E-state index contributed by atoms with van der Waals surface area (Å²) in [4.78, 5) is 19.7. The molecule has 3 aromatic rings. The molecule has 0 saturated carbocycles. The van der Waals surface area contributed by atoms with Crippen molar-refractivity contribution in [2.24, 2.45) is 0 Å². The number of fused-ring (bicyclic) bond motifs is 1. The fourth-order valence-electron chi connectivity index (χ4n) is 2.46. The number of para-hydroxylation sites is 2. The number of benzene rings is 2. The molecule has 0 aliphatic rings. The van der Waals surface area contributed by atoms with Gasteiger partial charge in [-0.15, -0.1) is 0 Å². The first-order valence-corrected chi connectivity index (χ1v) is 7.87. The van der Waals surface area contributed by atoms with Gasteiger partial charge in [0.15, 0.2) is 0 Å². The SMILES string of the molecule is COc1cccc(NC(=O)NCCCc2nc3ccccc3[nH]2)c1. The summed E-state index contributed by atoms with van der Waals surface area (Å²) in [6.07, 6.45) is 1.60. The van der Waals surface area contributed by atoms with E-state index < -0.39 is 0 Å². The molecule has 0 aliphatic heterocycles. The zero-order valence-electron chi connectivity index (χ0n) is 13.5. The Labute approximate surface area is 140 Å². The van der Waals surface area contributed by atoms with Gasteiger partial charge in [-0.2, -0.15) is 0 Å². The third-order valence-electron chi connectivity index (χ3n) is 3.64. The van der Waals surface area contributed by atoms with E-state index in [0.717, 1.165) is 29.7 Å². The van der Waals surface area contributed by atoms with E-state index in [2.05, 4.69) is 20.6 Å². The van der Waals surface area contributed by atoms with E-state index in [-0.39, 0.29) is 6.03 Å². The number of H-pyrrole nitrogens is 1. The van der Waals surface area contributed by atoms with Crippen molar-refractivity contribution in [2.75, 3.05) is 19.0 Å². The molecule has 24 heavy (non-hydrogen) atoms. The molecule has 1 aromatic heterocycles. The van der Waals surface area contributed by atoms with Gasteiger partial charge in [0.25, 0.3) is 0 Å². The minimum absolute atomic E-state index is 0.229. The van der Waals surface area contributed by atoms with Crippen molar-refractivity contribution in [3.63, 3.8) is 0 Å². The van der Waals surface area contributed by atoms with Gasteiger partial charge in [0.05, 0.1) is 18.1 Å². The van der Waals surface area contributed by atoms with E-state index in [1.54, 1.807) is 13.2 Å². The Morgan fingerprint density at radius 1 is 1.21 bits per heavy atom. The van der Waals surface area contributed by atoms with E-state index in [1.807, 2.05) is 42.5 Å². The molecule has 3 N–H and O–H groups in total. The summed E-state index contributed by atoms with van der Waals surface area (Å²) < 4.78 is 5.13. The standard InChI is InChI=1S/C18H20N4O2/c1-24-14-7-4-6-13(12-14)20-18(23)19-11-5-10-17-21-15-8-2-3-9-16(15)22-17/h2-4,6-9,12H,5,10-11H2,1H3,(H,21,22)(H2,19,20,23). The number of anilines is 1. The molecule has 0 bridgehead atoms. The number of aromatic nitrogens is 2. The average Bonchev–Trinajstić information content (AvgIpc) is 3.01. The topological polar surface area (TPSA) is 79.0 Å². The number of ether oxygens (including phenoxy) is 1. The van der Waals surface area contributed by atoms with Crippen molar-refractivity contribution in [2.45, 2.75) is 12.8 Å². The van der Waals surface area contributed by atoms with Gasteiger partial charge in [-0.05, 0) is 30.7 Å². The van der Waals surface area contributed by atoms with Crippen molar-refractivity contribution >= 4 is 22.8 Å². The summed E-state index contributed by atoms with van der Waals surface area (Å²) in [5.41, 5.74) is 2.71. The number of hydrogen-bond acceptors (Lipinski definition) is 3. The minimum atomic E-state index is -0.229. The number of urea groups is 1. The van der Waals surface area contributed by atoms with Crippen LogP contribution < -0.4 is 15.4 Å². The third-order valence-corrected chi connectivity index (χ3v) is 3.64. The second kappa shape index (κ2) is 7.50. The lowest BCUT2D eigenvalue weighted by atomic mass is 10.3. The summed E-state index contributed by atoms with van der Waals surface area (Å²) in [7, 11) is 1.59. The van der Waals surface area contributed by atoms with Crippen LogP contribution in [0.1, 0.15) is 12.2 Å². The van der Waals surface area contributed by atoms with Gasteiger partial charge in [0.2, 0.25) is 0 Å². The predicted octanol–water partition coefficient (Wildman–Crippen LogP) is 3.33. The number of nitrogens with zero attached hydrogens (tertiary/aromatic N) is 1. The summed E-state index contributed by atoms with van der Waals surface area (Å²) in [6, 6.07) is 15.0. The molecule has 124 valence electrons. The van der Waals surface area contributed by atoms with Crippen LogP contribution >= 0.6 is 0 Å². The molecule has 1 heterocycles. The molecular formula is C18H20N4O2. The number of carbonyl (C=O) groups excluding carboxylic acids is 1.